The third kappa shape index (κ3) is 4.20. The largest absolute Gasteiger partial charge is 0.391 e. The number of pyridine rings is 1. The van der Waals surface area contributed by atoms with Crippen molar-refractivity contribution in [1.82, 2.24) is 20.4 Å². The van der Waals surface area contributed by atoms with Crippen molar-refractivity contribution in [3.63, 3.8) is 0 Å². The van der Waals surface area contributed by atoms with Crippen molar-refractivity contribution >= 4 is 11.6 Å². The fourth-order valence-electron chi connectivity index (χ4n) is 2.71. The van der Waals surface area contributed by atoms with Crippen molar-refractivity contribution < 1.29 is 18.5 Å². The van der Waals surface area contributed by atoms with Crippen LogP contribution in [0.4, 0.5) is 4.39 Å². The van der Waals surface area contributed by atoms with Gasteiger partial charge in [-0.25, -0.2) is 4.39 Å². The van der Waals surface area contributed by atoms with E-state index in [1.54, 1.807) is 36.7 Å². The highest BCUT2D eigenvalue weighted by atomic mass is 19.1. The van der Waals surface area contributed by atoms with Crippen molar-refractivity contribution in [3.05, 3.63) is 66.1 Å². The average molecular weight is 381 g/mol. The zero-order valence-corrected chi connectivity index (χ0v) is 14.7. The van der Waals surface area contributed by atoms with Crippen LogP contribution in [0.25, 0.3) is 11.4 Å². The van der Waals surface area contributed by atoms with Crippen molar-refractivity contribution in [2.24, 2.45) is 5.16 Å². The number of benzene rings is 1. The molecule has 1 amide bonds. The second kappa shape index (κ2) is 7.95. The van der Waals surface area contributed by atoms with Crippen LogP contribution in [0.2, 0.25) is 0 Å². The second-order valence-electron chi connectivity index (χ2n) is 6.23. The van der Waals surface area contributed by atoms with Crippen LogP contribution in [-0.2, 0) is 22.6 Å². The SMILES string of the molecule is O=C(NCc1ccc(F)cc1)C1=NO[C@@H](Cc2nc(-c3ccncc3)no2)C1. The predicted molar refractivity (Wildman–Crippen MR) is 96.4 cm³/mol. The third-order valence-corrected chi connectivity index (χ3v) is 4.17. The number of nitrogens with zero attached hydrogens (tertiary/aromatic N) is 4. The maximum atomic E-state index is 12.9. The molecule has 3 aromatic rings. The molecular weight excluding hydrogens is 365 g/mol. The zero-order chi connectivity index (χ0) is 19.3. The summed E-state index contributed by atoms with van der Waals surface area (Å²) in [6.45, 7) is 0.280. The summed E-state index contributed by atoms with van der Waals surface area (Å²) in [5, 5.41) is 10.5. The van der Waals surface area contributed by atoms with Crippen molar-refractivity contribution in [2.45, 2.75) is 25.5 Å². The molecule has 1 atom stereocenters. The molecule has 0 bridgehead atoms. The summed E-state index contributed by atoms with van der Waals surface area (Å²) in [6.07, 6.45) is 3.63. The Labute approximate surface area is 159 Å². The van der Waals surface area contributed by atoms with Crippen LogP contribution >= 0.6 is 0 Å². The quantitative estimate of drug-likeness (QED) is 0.703. The summed E-state index contributed by atoms with van der Waals surface area (Å²) >= 11 is 0. The number of carbonyl (C=O) groups is 1. The number of carbonyl (C=O) groups excluding carboxylic acids is 1. The minimum Gasteiger partial charge on any atom is -0.391 e. The first-order valence-corrected chi connectivity index (χ1v) is 8.66. The van der Waals surface area contributed by atoms with Crippen LogP contribution in [0, 0.1) is 5.82 Å². The van der Waals surface area contributed by atoms with E-state index in [0.717, 1.165) is 11.1 Å². The van der Waals surface area contributed by atoms with Crippen LogP contribution in [0.15, 0.2) is 58.5 Å². The molecule has 4 rings (SSSR count). The monoisotopic (exact) mass is 381 g/mol. The number of hydrogen-bond acceptors (Lipinski definition) is 7. The van der Waals surface area contributed by atoms with Gasteiger partial charge in [0.2, 0.25) is 11.7 Å². The van der Waals surface area contributed by atoms with E-state index in [4.69, 9.17) is 9.36 Å². The molecule has 3 heterocycles. The molecule has 28 heavy (non-hydrogen) atoms. The second-order valence-corrected chi connectivity index (χ2v) is 6.23. The van der Waals surface area contributed by atoms with Gasteiger partial charge in [0, 0.05) is 30.9 Å². The lowest BCUT2D eigenvalue weighted by Crippen LogP contribution is -2.30. The van der Waals surface area contributed by atoms with E-state index in [9.17, 15) is 9.18 Å². The Hall–Kier alpha value is -3.62. The van der Waals surface area contributed by atoms with Gasteiger partial charge in [0.1, 0.15) is 17.6 Å². The van der Waals surface area contributed by atoms with E-state index in [1.807, 2.05) is 0 Å². The van der Waals surface area contributed by atoms with Crippen molar-refractivity contribution in [2.75, 3.05) is 0 Å². The number of rotatable bonds is 6. The van der Waals surface area contributed by atoms with E-state index in [0.29, 0.717) is 30.3 Å². The number of aromatic nitrogens is 3. The maximum Gasteiger partial charge on any atom is 0.269 e. The zero-order valence-electron chi connectivity index (χ0n) is 14.7. The van der Waals surface area contributed by atoms with Crippen molar-refractivity contribution in [1.29, 1.82) is 0 Å². The molecule has 1 N–H and O–H groups in total. The summed E-state index contributed by atoms with van der Waals surface area (Å²) in [4.78, 5) is 25.8. The van der Waals surface area contributed by atoms with Crippen LogP contribution in [0.1, 0.15) is 17.9 Å². The highest BCUT2D eigenvalue weighted by Gasteiger charge is 2.28. The minimum absolute atomic E-state index is 0.280. The molecule has 1 aliphatic rings. The highest BCUT2D eigenvalue weighted by Crippen LogP contribution is 2.19. The fraction of sp³-hybridized carbons (Fsp3) is 0.211. The van der Waals surface area contributed by atoms with Gasteiger partial charge in [-0.3, -0.25) is 9.78 Å². The van der Waals surface area contributed by atoms with Gasteiger partial charge < -0.3 is 14.7 Å². The lowest BCUT2D eigenvalue weighted by Gasteiger charge is -2.05. The first kappa shape index (κ1) is 17.8. The van der Waals surface area contributed by atoms with Gasteiger partial charge in [0.05, 0.1) is 6.42 Å². The first-order valence-electron chi connectivity index (χ1n) is 8.66. The lowest BCUT2D eigenvalue weighted by molar-refractivity contribution is -0.115. The van der Waals surface area contributed by atoms with E-state index >= 15 is 0 Å². The summed E-state index contributed by atoms with van der Waals surface area (Å²) in [6, 6.07) is 9.49. The standard InChI is InChI=1S/C19H16FN5O3/c20-14-3-1-12(2-4-14)11-22-19(26)16-9-15(27-24-16)10-17-23-18(25-28-17)13-5-7-21-8-6-13/h1-8,15H,9-11H2,(H,22,26)/t15-/m1/s1. The number of halogens is 1. The summed E-state index contributed by atoms with van der Waals surface area (Å²) in [5.74, 6) is 0.225. The highest BCUT2D eigenvalue weighted by molar-refractivity contribution is 6.39. The Bertz CT molecular complexity index is 988. The molecule has 0 saturated heterocycles. The molecule has 0 aliphatic carbocycles. The van der Waals surface area contributed by atoms with Gasteiger partial charge in [0.15, 0.2) is 0 Å². The Morgan fingerprint density at radius 1 is 1.18 bits per heavy atom. The number of oxime groups is 1. The number of hydrogen-bond donors (Lipinski definition) is 1. The van der Waals surface area contributed by atoms with E-state index in [1.165, 1.54) is 12.1 Å². The predicted octanol–water partition coefficient (Wildman–Crippen LogP) is 2.27. The number of nitrogens with one attached hydrogen (secondary N) is 1. The summed E-state index contributed by atoms with van der Waals surface area (Å²) in [7, 11) is 0. The Kier molecular flexibility index (Phi) is 5.05. The van der Waals surface area contributed by atoms with Gasteiger partial charge in [0.25, 0.3) is 5.91 Å². The van der Waals surface area contributed by atoms with E-state index < -0.39 is 0 Å². The molecule has 142 valence electrons. The molecule has 8 nitrogen and oxygen atoms in total. The Morgan fingerprint density at radius 3 is 2.75 bits per heavy atom. The van der Waals surface area contributed by atoms with Gasteiger partial charge >= 0.3 is 0 Å². The van der Waals surface area contributed by atoms with Crippen LogP contribution in [0.3, 0.4) is 0 Å². The smallest absolute Gasteiger partial charge is 0.269 e. The van der Waals surface area contributed by atoms with Crippen LogP contribution in [0.5, 0.6) is 0 Å². The van der Waals surface area contributed by atoms with Gasteiger partial charge in [-0.15, -0.1) is 0 Å². The lowest BCUT2D eigenvalue weighted by atomic mass is 10.1. The Morgan fingerprint density at radius 2 is 1.96 bits per heavy atom. The average Bonchev–Trinajstić information content (AvgIpc) is 3.38. The normalized spacial score (nSPS) is 15.8. The molecule has 2 aromatic heterocycles. The Balaban J connectivity index is 1.28. The fourth-order valence-corrected chi connectivity index (χ4v) is 2.71. The summed E-state index contributed by atoms with van der Waals surface area (Å²) < 4.78 is 18.2. The van der Waals surface area contributed by atoms with Crippen molar-refractivity contribution in [3.8, 4) is 11.4 Å². The summed E-state index contributed by atoms with van der Waals surface area (Å²) in [5.41, 5.74) is 1.88. The molecule has 0 spiro atoms. The topological polar surface area (TPSA) is 102 Å². The van der Waals surface area contributed by atoms with Gasteiger partial charge in [-0.05, 0) is 29.8 Å². The van der Waals surface area contributed by atoms with Gasteiger partial charge in [-0.1, -0.05) is 22.4 Å². The van der Waals surface area contributed by atoms with E-state index in [-0.39, 0.29) is 24.4 Å². The van der Waals surface area contributed by atoms with Crippen LogP contribution < -0.4 is 5.32 Å². The molecule has 0 unspecified atom stereocenters. The third-order valence-electron chi connectivity index (χ3n) is 4.17. The molecule has 9 heteroatoms. The minimum atomic E-state index is -0.350. The number of amides is 1. The first-order chi connectivity index (χ1) is 13.7. The molecule has 1 aromatic carbocycles. The van der Waals surface area contributed by atoms with E-state index in [2.05, 4.69) is 25.6 Å². The van der Waals surface area contributed by atoms with Gasteiger partial charge in [-0.2, -0.15) is 4.98 Å². The molecule has 0 radical (unpaired) electrons. The molecule has 0 fully saturated rings. The molecule has 1 aliphatic heterocycles. The maximum absolute atomic E-state index is 12.9. The van der Waals surface area contributed by atoms with Crippen LogP contribution in [-0.4, -0.2) is 32.8 Å². The molecule has 0 saturated carbocycles. The molecular formula is C19H16FN5O3.